The van der Waals surface area contributed by atoms with Crippen LogP contribution < -0.4 is 9.64 Å². The maximum absolute atomic E-state index is 14.4. The van der Waals surface area contributed by atoms with Gasteiger partial charge in [-0.05, 0) is 43.2 Å². The van der Waals surface area contributed by atoms with Crippen molar-refractivity contribution >= 4 is 11.4 Å². The third-order valence-corrected chi connectivity index (χ3v) is 3.68. The van der Waals surface area contributed by atoms with Gasteiger partial charge in [0.15, 0.2) is 0 Å². The fraction of sp³-hybridized carbons (Fsp3) is 0.294. The molecule has 3 rings (SSSR count). The largest absolute Gasteiger partial charge is 0.491 e. The Balaban J connectivity index is 2.04. The van der Waals surface area contributed by atoms with Crippen molar-refractivity contribution in [1.29, 1.82) is 0 Å². The summed E-state index contributed by atoms with van der Waals surface area (Å²) >= 11 is 0. The first-order valence-electron chi connectivity index (χ1n) is 7.13. The van der Waals surface area contributed by atoms with E-state index < -0.39 is 6.10 Å². The Bertz CT molecular complexity index is 642. The van der Waals surface area contributed by atoms with E-state index in [0.717, 1.165) is 17.9 Å². The molecular formula is C17H18FNO2. The lowest BCUT2D eigenvalue weighted by Crippen LogP contribution is -2.19. The molecule has 0 fully saturated rings. The summed E-state index contributed by atoms with van der Waals surface area (Å²) in [5.41, 5.74) is 1.96. The molecule has 2 aromatic carbocycles. The van der Waals surface area contributed by atoms with Crippen LogP contribution in [0.4, 0.5) is 15.8 Å². The summed E-state index contributed by atoms with van der Waals surface area (Å²) in [4.78, 5) is 1.93. The summed E-state index contributed by atoms with van der Waals surface area (Å²) < 4.78 is 20.1. The van der Waals surface area contributed by atoms with E-state index in [1.807, 2.05) is 29.2 Å². The minimum absolute atomic E-state index is 0.329. The Morgan fingerprint density at radius 3 is 2.76 bits per heavy atom. The van der Waals surface area contributed by atoms with Crippen molar-refractivity contribution in [3.63, 3.8) is 0 Å². The molecule has 1 aliphatic rings. The smallest absolute Gasteiger partial charge is 0.147 e. The highest BCUT2D eigenvalue weighted by Gasteiger charge is 2.20. The van der Waals surface area contributed by atoms with Crippen molar-refractivity contribution in [2.24, 2.45) is 0 Å². The molecule has 0 aromatic heterocycles. The number of anilines is 2. The number of aliphatic hydroxyl groups excluding tert-OH is 1. The lowest BCUT2D eigenvalue weighted by molar-refractivity contribution is 0.199. The molecule has 4 heteroatoms. The topological polar surface area (TPSA) is 32.7 Å². The number of halogens is 1. The number of nitrogens with zero attached hydrogens (tertiary/aromatic N) is 1. The van der Waals surface area contributed by atoms with Crippen LogP contribution in [0, 0.1) is 5.82 Å². The van der Waals surface area contributed by atoms with E-state index in [1.165, 1.54) is 6.07 Å². The van der Waals surface area contributed by atoms with Crippen LogP contribution in [0.5, 0.6) is 5.75 Å². The first-order valence-corrected chi connectivity index (χ1v) is 7.13. The molecule has 0 aliphatic carbocycles. The number of hydrogen-bond acceptors (Lipinski definition) is 3. The van der Waals surface area contributed by atoms with Crippen LogP contribution in [-0.4, -0.2) is 18.3 Å². The van der Waals surface area contributed by atoms with Gasteiger partial charge >= 0.3 is 0 Å². The molecule has 1 N–H and O–H groups in total. The first-order chi connectivity index (χ1) is 10.2. The second-order valence-electron chi connectivity index (χ2n) is 5.21. The van der Waals surface area contributed by atoms with Crippen LogP contribution in [0.15, 0.2) is 42.5 Å². The molecule has 1 heterocycles. The lowest BCUT2D eigenvalue weighted by atomic mass is 10.1. The van der Waals surface area contributed by atoms with E-state index in [9.17, 15) is 9.50 Å². The van der Waals surface area contributed by atoms with Gasteiger partial charge in [0.1, 0.15) is 11.6 Å². The first kappa shape index (κ1) is 13.9. The zero-order valence-corrected chi connectivity index (χ0v) is 11.9. The van der Waals surface area contributed by atoms with Gasteiger partial charge in [-0.15, -0.1) is 0 Å². The fourth-order valence-corrected chi connectivity index (χ4v) is 2.58. The highest BCUT2D eigenvalue weighted by atomic mass is 19.1. The van der Waals surface area contributed by atoms with Crippen molar-refractivity contribution in [3.05, 3.63) is 53.8 Å². The Morgan fingerprint density at radius 1 is 1.19 bits per heavy atom. The number of benzene rings is 2. The second-order valence-corrected chi connectivity index (χ2v) is 5.21. The standard InChI is InChI=1S/C17H18FNO2/c1-12(20)13-7-8-15(14(18)11-13)19-9-4-10-21-17-6-3-2-5-16(17)19/h2-3,5-8,11-12,20H,4,9-10H2,1H3/t12-/m1/s1. The minimum Gasteiger partial charge on any atom is -0.491 e. The van der Waals surface area contributed by atoms with Crippen molar-refractivity contribution < 1.29 is 14.2 Å². The Morgan fingerprint density at radius 2 is 2.00 bits per heavy atom. The maximum atomic E-state index is 14.4. The van der Waals surface area contributed by atoms with E-state index in [4.69, 9.17) is 4.74 Å². The van der Waals surface area contributed by atoms with E-state index in [-0.39, 0.29) is 5.82 Å². The molecule has 110 valence electrons. The monoisotopic (exact) mass is 287 g/mol. The van der Waals surface area contributed by atoms with Gasteiger partial charge in [-0.2, -0.15) is 0 Å². The summed E-state index contributed by atoms with van der Waals surface area (Å²) in [7, 11) is 0. The van der Waals surface area contributed by atoms with Crippen LogP contribution >= 0.6 is 0 Å². The van der Waals surface area contributed by atoms with E-state index >= 15 is 0 Å². The Labute approximate surface area is 123 Å². The molecule has 2 aromatic rings. The molecule has 1 atom stereocenters. The predicted octanol–water partition coefficient (Wildman–Crippen LogP) is 3.80. The van der Waals surface area contributed by atoms with Gasteiger partial charge in [0.2, 0.25) is 0 Å². The molecule has 0 unspecified atom stereocenters. The third kappa shape index (κ3) is 2.72. The normalized spacial score (nSPS) is 15.9. The van der Waals surface area contributed by atoms with Gasteiger partial charge in [0.05, 0.1) is 24.1 Å². The molecule has 0 saturated heterocycles. The molecule has 0 spiro atoms. The third-order valence-electron chi connectivity index (χ3n) is 3.68. The fourth-order valence-electron chi connectivity index (χ4n) is 2.58. The van der Waals surface area contributed by atoms with Crippen molar-refractivity contribution in [2.75, 3.05) is 18.1 Å². The zero-order valence-electron chi connectivity index (χ0n) is 11.9. The van der Waals surface area contributed by atoms with Crippen molar-refractivity contribution in [2.45, 2.75) is 19.4 Å². The molecule has 0 amide bonds. The number of fused-ring (bicyclic) bond motifs is 1. The Kier molecular flexibility index (Phi) is 3.80. The summed E-state index contributed by atoms with van der Waals surface area (Å²) in [6.07, 6.45) is 0.153. The summed E-state index contributed by atoms with van der Waals surface area (Å²) in [6, 6.07) is 12.5. The van der Waals surface area contributed by atoms with E-state index in [2.05, 4.69) is 0 Å². The molecule has 0 bridgehead atoms. The number of aliphatic hydroxyl groups is 1. The van der Waals surface area contributed by atoms with E-state index in [1.54, 1.807) is 19.1 Å². The molecular weight excluding hydrogens is 269 g/mol. The Hall–Kier alpha value is -2.07. The number of hydrogen-bond donors (Lipinski definition) is 1. The van der Waals surface area contributed by atoms with E-state index in [0.29, 0.717) is 24.4 Å². The van der Waals surface area contributed by atoms with Crippen LogP contribution in [0.3, 0.4) is 0 Å². The molecule has 21 heavy (non-hydrogen) atoms. The summed E-state index contributed by atoms with van der Waals surface area (Å²) in [6.45, 7) is 2.95. The highest BCUT2D eigenvalue weighted by molar-refractivity contribution is 5.70. The van der Waals surface area contributed by atoms with Gasteiger partial charge in [0, 0.05) is 6.54 Å². The number of ether oxygens (including phenoxy) is 1. The average molecular weight is 287 g/mol. The SMILES string of the molecule is C[C@@H](O)c1ccc(N2CCCOc3ccccc32)c(F)c1. The predicted molar refractivity (Wildman–Crippen MR) is 80.6 cm³/mol. The molecule has 3 nitrogen and oxygen atoms in total. The summed E-state index contributed by atoms with van der Waals surface area (Å²) in [5.74, 6) is 0.444. The van der Waals surface area contributed by atoms with Gasteiger partial charge in [0.25, 0.3) is 0 Å². The van der Waals surface area contributed by atoms with Gasteiger partial charge in [-0.1, -0.05) is 18.2 Å². The molecule has 1 aliphatic heterocycles. The van der Waals surface area contributed by atoms with Crippen LogP contribution in [0.1, 0.15) is 25.0 Å². The molecule has 0 saturated carbocycles. The highest BCUT2D eigenvalue weighted by Crippen LogP contribution is 2.37. The molecule has 0 radical (unpaired) electrons. The van der Waals surface area contributed by atoms with Crippen LogP contribution in [0.25, 0.3) is 0 Å². The quantitative estimate of drug-likeness (QED) is 0.912. The average Bonchev–Trinajstić information content (AvgIpc) is 2.69. The van der Waals surface area contributed by atoms with Gasteiger partial charge in [-0.3, -0.25) is 0 Å². The lowest BCUT2D eigenvalue weighted by Gasteiger charge is -2.24. The van der Waals surface area contributed by atoms with Crippen molar-refractivity contribution in [1.82, 2.24) is 0 Å². The minimum atomic E-state index is -0.673. The summed E-state index contributed by atoms with van der Waals surface area (Å²) in [5, 5.41) is 9.55. The second kappa shape index (κ2) is 5.74. The number of rotatable bonds is 2. The zero-order chi connectivity index (χ0) is 14.8. The maximum Gasteiger partial charge on any atom is 0.147 e. The van der Waals surface area contributed by atoms with Crippen LogP contribution in [-0.2, 0) is 0 Å². The van der Waals surface area contributed by atoms with Gasteiger partial charge < -0.3 is 14.7 Å². The van der Waals surface area contributed by atoms with Crippen molar-refractivity contribution in [3.8, 4) is 5.75 Å². The van der Waals surface area contributed by atoms with Gasteiger partial charge in [-0.25, -0.2) is 4.39 Å². The number of para-hydroxylation sites is 2. The van der Waals surface area contributed by atoms with Crippen LogP contribution in [0.2, 0.25) is 0 Å².